The van der Waals surface area contributed by atoms with Gasteiger partial charge in [-0.2, -0.15) is 0 Å². The Morgan fingerprint density at radius 1 is 1.20 bits per heavy atom. The van der Waals surface area contributed by atoms with Crippen LogP contribution < -0.4 is 11.1 Å². The van der Waals surface area contributed by atoms with E-state index in [9.17, 15) is 9.59 Å². The Morgan fingerprint density at radius 2 is 1.85 bits per heavy atom. The predicted octanol–water partition coefficient (Wildman–Crippen LogP) is 2.20. The van der Waals surface area contributed by atoms with Gasteiger partial charge in [0.15, 0.2) is 5.76 Å². The summed E-state index contributed by atoms with van der Waals surface area (Å²) in [5, 5.41) is 3.06. The number of carbonyl (C=O) groups excluding carboxylic acids is 2. The van der Waals surface area contributed by atoms with Gasteiger partial charge in [-0.1, -0.05) is 23.7 Å². The molecule has 2 amide bonds. The van der Waals surface area contributed by atoms with Crippen molar-refractivity contribution in [3.8, 4) is 0 Å². The third-order valence-electron chi connectivity index (χ3n) is 2.73. The minimum absolute atomic E-state index is 0.128. The Labute approximate surface area is 120 Å². The van der Waals surface area contributed by atoms with Crippen LogP contribution in [0.15, 0.2) is 40.8 Å². The van der Waals surface area contributed by atoms with Gasteiger partial charge < -0.3 is 15.5 Å². The second-order valence-corrected chi connectivity index (χ2v) is 4.71. The molecule has 0 saturated carbocycles. The van der Waals surface area contributed by atoms with Crippen LogP contribution in [0.3, 0.4) is 0 Å². The molecular weight excluding hydrogens is 280 g/mol. The smallest absolute Gasteiger partial charge is 0.287 e. The van der Waals surface area contributed by atoms with Crippen molar-refractivity contribution in [2.45, 2.75) is 13.0 Å². The van der Waals surface area contributed by atoms with Crippen LogP contribution in [-0.2, 0) is 4.79 Å². The van der Waals surface area contributed by atoms with E-state index in [4.69, 9.17) is 21.8 Å². The molecule has 3 N–H and O–H groups in total. The van der Waals surface area contributed by atoms with E-state index in [2.05, 4.69) is 5.32 Å². The summed E-state index contributed by atoms with van der Waals surface area (Å²) < 4.78 is 5.20. The maximum Gasteiger partial charge on any atom is 0.287 e. The van der Waals surface area contributed by atoms with Crippen molar-refractivity contribution in [3.63, 3.8) is 0 Å². The lowest BCUT2D eigenvalue weighted by Crippen LogP contribution is -2.37. The standard InChI is InChI=1S/C14H13ClN2O3/c1-8-2-7-11(20-8)14(19)17-12(13(16)18)9-3-5-10(15)6-4-9/h2-7,12H,1H3,(H2,16,18)(H,17,19)/t12-/m1/s1. The zero-order valence-electron chi connectivity index (χ0n) is 10.7. The largest absolute Gasteiger partial charge is 0.456 e. The summed E-state index contributed by atoms with van der Waals surface area (Å²) in [6.07, 6.45) is 0. The number of furan rings is 1. The average molecular weight is 293 g/mol. The Hall–Kier alpha value is -2.27. The number of nitrogens with two attached hydrogens (primary N) is 1. The fraction of sp³-hybridized carbons (Fsp3) is 0.143. The van der Waals surface area contributed by atoms with Crippen molar-refractivity contribution >= 4 is 23.4 Å². The fourth-order valence-electron chi connectivity index (χ4n) is 1.73. The van der Waals surface area contributed by atoms with Crippen LogP contribution in [0.2, 0.25) is 5.02 Å². The highest BCUT2D eigenvalue weighted by molar-refractivity contribution is 6.30. The zero-order valence-corrected chi connectivity index (χ0v) is 11.5. The summed E-state index contributed by atoms with van der Waals surface area (Å²) >= 11 is 5.78. The molecule has 0 saturated heterocycles. The lowest BCUT2D eigenvalue weighted by molar-refractivity contribution is -0.120. The average Bonchev–Trinajstić information content (AvgIpc) is 2.83. The number of benzene rings is 1. The molecule has 6 heteroatoms. The maximum atomic E-state index is 12.0. The van der Waals surface area contributed by atoms with E-state index >= 15 is 0 Å². The molecular formula is C14H13ClN2O3. The Morgan fingerprint density at radius 3 is 2.35 bits per heavy atom. The molecule has 0 spiro atoms. The first-order valence-corrected chi connectivity index (χ1v) is 6.27. The lowest BCUT2D eigenvalue weighted by atomic mass is 10.1. The molecule has 20 heavy (non-hydrogen) atoms. The summed E-state index contributed by atoms with van der Waals surface area (Å²) in [6.45, 7) is 1.72. The number of rotatable bonds is 4. The van der Waals surface area contributed by atoms with Gasteiger partial charge in [-0.15, -0.1) is 0 Å². The van der Waals surface area contributed by atoms with E-state index in [-0.39, 0.29) is 5.76 Å². The molecule has 0 aliphatic rings. The molecule has 104 valence electrons. The van der Waals surface area contributed by atoms with Gasteiger partial charge in [0, 0.05) is 5.02 Å². The highest BCUT2D eigenvalue weighted by Crippen LogP contribution is 2.17. The Bertz CT molecular complexity index is 634. The molecule has 0 aliphatic carbocycles. The highest BCUT2D eigenvalue weighted by atomic mass is 35.5. The van der Waals surface area contributed by atoms with Crippen LogP contribution in [0.4, 0.5) is 0 Å². The SMILES string of the molecule is Cc1ccc(C(=O)N[C@@H](C(N)=O)c2ccc(Cl)cc2)o1. The quantitative estimate of drug-likeness (QED) is 0.906. The van der Waals surface area contributed by atoms with Crippen LogP contribution in [0.5, 0.6) is 0 Å². The summed E-state index contributed by atoms with van der Waals surface area (Å²) in [6, 6.07) is 8.76. The number of amides is 2. The highest BCUT2D eigenvalue weighted by Gasteiger charge is 2.22. The summed E-state index contributed by atoms with van der Waals surface area (Å²) in [4.78, 5) is 23.5. The van der Waals surface area contributed by atoms with Gasteiger partial charge in [0.05, 0.1) is 0 Å². The number of carbonyl (C=O) groups is 2. The van der Waals surface area contributed by atoms with Crippen molar-refractivity contribution < 1.29 is 14.0 Å². The fourth-order valence-corrected chi connectivity index (χ4v) is 1.86. The predicted molar refractivity (Wildman–Crippen MR) is 74.3 cm³/mol. The van der Waals surface area contributed by atoms with Gasteiger partial charge in [0.2, 0.25) is 5.91 Å². The molecule has 0 bridgehead atoms. The minimum atomic E-state index is -0.940. The molecule has 1 heterocycles. The first-order valence-electron chi connectivity index (χ1n) is 5.89. The molecule has 0 fully saturated rings. The number of halogens is 1. The van der Waals surface area contributed by atoms with Crippen molar-refractivity contribution in [3.05, 3.63) is 58.5 Å². The van der Waals surface area contributed by atoms with Crippen molar-refractivity contribution in [2.75, 3.05) is 0 Å². The Kier molecular flexibility index (Phi) is 4.10. The minimum Gasteiger partial charge on any atom is -0.456 e. The molecule has 0 aliphatic heterocycles. The molecule has 2 aromatic rings. The van der Waals surface area contributed by atoms with Crippen molar-refractivity contribution in [1.82, 2.24) is 5.32 Å². The normalized spacial score (nSPS) is 11.9. The van der Waals surface area contributed by atoms with Gasteiger partial charge in [-0.25, -0.2) is 0 Å². The van der Waals surface area contributed by atoms with Crippen molar-refractivity contribution in [2.24, 2.45) is 5.73 Å². The van der Waals surface area contributed by atoms with Crippen LogP contribution in [0, 0.1) is 6.92 Å². The first-order chi connectivity index (χ1) is 9.47. The number of primary amides is 1. The molecule has 0 unspecified atom stereocenters. The molecule has 1 atom stereocenters. The summed E-state index contributed by atoms with van der Waals surface area (Å²) in [5.74, 6) is -0.430. The molecule has 5 nitrogen and oxygen atoms in total. The van der Waals surface area contributed by atoms with E-state index in [0.717, 1.165) is 0 Å². The van der Waals surface area contributed by atoms with Gasteiger partial charge in [0.25, 0.3) is 5.91 Å². The second kappa shape index (κ2) is 5.79. The molecule has 1 aromatic carbocycles. The third-order valence-corrected chi connectivity index (χ3v) is 2.98. The van der Waals surface area contributed by atoms with E-state index in [1.54, 1.807) is 37.3 Å². The van der Waals surface area contributed by atoms with Crippen LogP contribution in [-0.4, -0.2) is 11.8 Å². The monoisotopic (exact) mass is 292 g/mol. The van der Waals surface area contributed by atoms with Gasteiger partial charge in [-0.3, -0.25) is 9.59 Å². The Balaban J connectivity index is 2.20. The number of hydrogen-bond acceptors (Lipinski definition) is 3. The van der Waals surface area contributed by atoms with E-state index in [1.807, 2.05) is 0 Å². The second-order valence-electron chi connectivity index (χ2n) is 4.27. The third kappa shape index (κ3) is 3.19. The van der Waals surface area contributed by atoms with Crippen LogP contribution in [0.1, 0.15) is 27.9 Å². The van der Waals surface area contributed by atoms with Crippen LogP contribution in [0.25, 0.3) is 0 Å². The topological polar surface area (TPSA) is 85.3 Å². The first kappa shape index (κ1) is 14.1. The number of hydrogen-bond donors (Lipinski definition) is 2. The van der Waals surface area contributed by atoms with Crippen LogP contribution >= 0.6 is 11.6 Å². The van der Waals surface area contributed by atoms with E-state index in [0.29, 0.717) is 16.3 Å². The molecule has 1 aromatic heterocycles. The molecule has 0 radical (unpaired) electrons. The molecule has 2 rings (SSSR count). The zero-order chi connectivity index (χ0) is 14.7. The van der Waals surface area contributed by atoms with Gasteiger partial charge in [0.1, 0.15) is 11.8 Å². The maximum absolute atomic E-state index is 12.0. The van der Waals surface area contributed by atoms with E-state index < -0.39 is 17.9 Å². The number of nitrogens with one attached hydrogen (secondary N) is 1. The van der Waals surface area contributed by atoms with Crippen molar-refractivity contribution in [1.29, 1.82) is 0 Å². The summed E-state index contributed by atoms with van der Waals surface area (Å²) in [7, 11) is 0. The number of aryl methyl sites for hydroxylation is 1. The van der Waals surface area contributed by atoms with E-state index in [1.165, 1.54) is 6.07 Å². The van der Waals surface area contributed by atoms with Gasteiger partial charge in [-0.05, 0) is 36.8 Å². The van der Waals surface area contributed by atoms with Gasteiger partial charge >= 0.3 is 0 Å². The summed E-state index contributed by atoms with van der Waals surface area (Å²) in [5.41, 5.74) is 5.88. The lowest BCUT2D eigenvalue weighted by Gasteiger charge is -2.15.